The summed E-state index contributed by atoms with van der Waals surface area (Å²) < 4.78 is 83.4. The number of alkyl halides is 6. The largest absolute Gasteiger partial charge is 0.434 e. The van der Waals surface area contributed by atoms with E-state index in [0.717, 1.165) is 38.5 Å². The van der Waals surface area contributed by atoms with Gasteiger partial charge in [0.05, 0.1) is 11.5 Å². The number of hydrogen-bond acceptors (Lipinski definition) is 6. The van der Waals surface area contributed by atoms with E-state index in [-0.39, 0.29) is 48.6 Å². The van der Waals surface area contributed by atoms with Crippen LogP contribution in [0, 0.1) is 0 Å². The first kappa shape index (κ1) is 28.4. The van der Waals surface area contributed by atoms with Gasteiger partial charge in [0, 0.05) is 44.7 Å². The molecule has 8 nitrogen and oxygen atoms in total. The molecule has 1 N–H and O–H groups in total. The van der Waals surface area contributed by atoms with E-state index >= 15 is 0 Å². The van der Waals surface area contributed by atoms with E-state index in [1.54, 1.807) is 9.47 Å². The summed E-state index contributed by atoms with van der Waals surface area (Å²) in [6.07, 6.45) is -4.83. The fourth-order valence-corrected chi connectivity index (χ4v) is 5.49. The van der Waals surface area contributed by atoms with Crippen LogP contribution in [0.4, 0.5) is 38.0 Å². The Kier molecular flexibility index (Phi) is 8.12. The van der Waals surface area contributed by atoms with Crippen molar-refractivity contribution in [3.63, 3.8) is 0 Å². The Hall–Kier alpha value is -2.61. The lowest BCUT2D eigenvalue weighted by molar-refractivity contribution is -0.156. The lowest BCUT2D eigenvalue weighted by Gasteiger charge is -2.36. The molecular formula is C23H28ClF6N7O. The molecule has 3 aliphatic rings. The summed E-state index contributed by atoms with van der Waals surface area (Å²) in [5, 5.41) is 2.40. The van der Waals surface area contributed by atoms with Gasteiger partial charge in [-0.2, -0.15) is 26.3 Å². The van der Waals surface area contributed by atoms with Crippen LogP contribution in [-0.2, 0) is 17.5 Å². The Morgan fingerprint density at radius 3 is 2.29 bits per heavy atom. The maximum Gasteiger partial charge on any atom is 0.434 e. The molecule has 2 aromatic heterocycles. The lowest BCUT2D eigenvalue weighted by atomic mass is 9.90. The zero-order valence-corrected chi connectivity index (χ0v) is 21.2. The molecule has 2 fully saturated rings. The highest BCUT2D eigenvalue weighted by atomic mass is 35.5. The average Bonchev–Trinajstić information content (AvgIpc) is 3.51. The standard InChI is InChI=1S/C23H27F6N7O.ClH/c24-22(25,26)15-11-17(37)33-19-18(15)21(31-13-30-19)35-7-3-14(4-8-35)20-32-16(23(27,28)29)12-36(20)10-9-34-5-1-2-6-34;/h12-15H,1-11H2,(H,30,31,33,37);1H. The number of piperidine rings is 1. The van der Waals surface area contributed by atoms with Gasteiger partial charge in [-0.15, -0.1) is 12.4 Å². The van der Waals surface area contributed by atoms with E-state index in [0.29, 0.717) is 31.8 Å². The first-order valence-electron chi connectivity index (χ1n) is 12.3. The fraction of sp³-hybridized carbons (Fsp3) is 0.652. The number of rotatable bonds is 5. The van der Waals surface area contributed by atoms with Crippen molar-refractivity contribution < 1.29 is 31.1 Å². The second kappa shape index (κ2) is 10.9. The van der Waals surface area contributed by atoms with E-state index in [4.69, 9.17) is 0 Å². The monoisotopic (exact) mass is 567 g/mol. The Morgan fingerprint density at radius 2 is 1.66 bits per heavy atom. The highest BCUT2D eigenvalue weighted by molar-refractivity contribution is 5.94. The molecule has 2 aromatic rings. The van der Waals surface area contributed by atoms with E-state index < -0.39 is 36.3 Å². The number of nitrogens with one attached hydrogen (secondary N) is 1. The number of nitrogens with zero attached hydrogens (tertiary/aromatic N) is 6. The van der Waals surface area contributed by atoms with Crippen LogP contribution < -0.4 is 10.2 Å². The number of carbonyl (C=O) groups excluding carboxylic acids is 1. The van der Waals surface area contributed by atoms with Crippen LogP contribution in [0.5, 0.6) is 0 Å². The van der Waals surface area contributed by atoms with Crippen LogP contribution in [0.3, 0.4) is 0 Å². The molecule has 3 aliphatic heterocycles. The molecule has 2 saturated heterocycles. The molecule has 210 valence electrons. The van der Waals surface area contributed by atoms with Gasteiger partial charge in [0.1, 0.15) is 23.8 Å². The first-order chi connectivity index (χ1) is 17.5. The van der Waals surface area contributed by atoms with Gasteiger partial charge in [-0.25, -0.2) is 15.0 Å². The van der Waals surface area contributed by atoms with Gasteiger partial charge in [0.25, 0.3) is 0 Å². The van der Waals surface area contributed by atoms with E-state index in [2.05, 4.69) is 25.2 Å². The van der Waals surface area contributed by atoms with Gasteiger partial charge in [0.2, 0.25) is 5.91 Å². The molecule has 1 atom stereocenters. The predicted molar refractivity (Wildman–Crippen MR) is 128 cm³/mol. The van der Waals surface area contributed by atoms with Crippen molar-refractivity contribution in [3.05, 3.63) is 29.6 Å². The Balaban J connectivity index is 0.00000336. The molecule has 38 heavy (non-hydrogen) atoms. The quantitative estimate of drug-likeness (QED) is 0.533. The van der Waals surface area contributed by atoms with Gasteiger partial charge < -0.3 is 19.7 Å². The SMILES string of the molecule is Cl.O=C1CC(C(F)(F)F)c2c(ncnc2N2CCC(c3nc(C(F)(F)F)cn3CCN3CCCC3)CC2)N1. The Labute approximate surface area is 221 Å². The molecule has 15 heteroatoms. The van der Waals surface area contributed by atoms with Gasteiger partial charge in [0.15, 0.2) is 5.69 Å². The number of carbonyl (C=O) groups is 1. The Morgan fingerprint density at radius 1 is 0.974 bits per heavy atom. The molecule has 0 bridgehead atoms. The molecule has 1 unspecified atom stereocenters. The van der Waals surface area contributed by atoms with Gasteiger partial charge in [-0.1, -0.05) is 0 Å². The third-order valence-electron chi connectivity index (χ3n) is 7.37. The second-order valence-corrected chi connectivity index (χ2v) is 9.79. The summed E-state index contributed by atoms with van der Waals surface area (Å²) in [5.41, 5.74) is -1.10. The van der Waals surface area contributed by atoms with Crippen LogP contribution >= 0.6 is 12.4 Å². The summed E-state index contributed by atoms with van der Waals surface area (Å²) in [6.45, 7) is 3.45. The predicted octanol–water partition coefficient (Wildman–Crippen LogP) is 4.58. The maximum absolute atomic E-state index is 13.8. The van der Waals surface area contributed by atoms with E-state index in [1.807, 2.05) is 0 Å². The molecule has 0 aromatic carbocycles. The van der Waals surface area contributed by atoms with E-state index in [1.165, 1.54) is 0 Å². The highest BCUT2D eigenvalue weighted by Crippen LogP contribution is 2.46. The molecule has 1 amide bonds. The van der Waals surface area contributed by atoms with Crippen molar-refractivity contribution in [2.75, 3.05) is 42.9 Å². The molecule has 0 saturated carbocycles. The van der Waals surface area contributed by atoms with E-state index in [9.17, 15) is 31.1 Å². The Bertz CT molecular complexity index is 1140. The summed E-state index contributed by atoms with van der Waals surface area (Å²) in [5.74, 6) is -2.77. The van der Waals surface area contributed by atoms with Crippen molar-refractivity contribution in [1.82, 2.24) is 24.4 Å². The number of amides is 1. The number of halogens is 7. The minimum Gasteiger partial charge on any atom is -0.356 e. The number of anilines is 2. The third kappa shape index (κ3) is 5.85. The summed E-state index contributed by atoms with van der Waals surface area (Å²) in [6, 6.07) is 0. The smallest absolute Gasteiger partial charge is 0.356 e. The van der Waals surface area contributed by atoms with Crippen LogP contribution in [0.1, 0.15) is 61.0 Å². The van der Waals surface area contributed by atoms with Crippen LogP contribution in [0.25, 0.3) is 0 Å². The second-order valence-electron chi connectivity index (χ2n) is 9.79. The van der Waals surface area contributed by atoms with Crippen molar-refractivity contribution in [3.8, 4) is 0 Å². The van der Waals surface area contributed by atoms with Crippen LogP contribution in [-0.4, -0.2) is 69.2 Å². The zero-order chi connectivity index (χ0) is 26.4. The number of aromatic nitrogens is 4. The van der Waals surface area contributed by atoms with Crippen LogP contribution in [0.15, 0.2) is 12.5 Å². The molecular weight excluding hydrogens is 540 g/mol. The zero-order valence-electron chi connectivity index (χ0n) is 20.4. The topological polar surface area (TPSA) is 79.2 Å². The van der Waals surface area contributed by atoms with Crippen LogP contribution in [0.2, 0.25) is 0 Å². The van der Waals surface area contributed by atoms with Gasteiger partial charge in [-0.05, 0) is 38.8 Å². The number of likely N-dealkylation sites (tertiary alicyclic amines) is 1. The molecule has 0 spiro atoms. The molecule has 0 aliphatic carbocycles. The van der Waals surface area contributed by atoms with Gasteiger partial charge >= 0.3 is 12.4 Å². The summed E-state index contributed by atoms with van der Waals surface area (Å²) in [7, 11) is 0. The van der Waals surface area contributed by atoms with Crippen molar-refractivity contribution in [2.24, 2.45) is 0 Å². The average molecular weight is 568 g/mol. The van der Waals surface area contributed by atoms with Crippen molar-refractivity contribution >= 4 is 29.9 Å². The maximum atomic E-state index is 13.8. The van der Waals surface area contributed by atoms with Crippen molar-refractivity contribution in [1.29, 1.82) is 0 Å². The molecule has 0 radical (unpaired) electrons. The number of imidazole rings is 1. The lowest BCUT2D eigenvalue weighted by Crippen LogP contribution is -2.38. The first-order valence-corrected chi connectivity index (χ1v) is 12.3. The molecule has 5 heterocycles. The number of fused-ring (bicyclic) bond motifs is 1. The summed E-state index contributed by atoms with van der Waals surface area (Å²) in [4.78, 5) is 27.7. The molecule has 5 rings (SSSR count). The van der Waals surface area contributed by atoms with Gasteiger partial charge in [-0.3, -0.25) is 4.79 Å². The minimum absolute atomic E-state index is 0. The number of hydrogen-bond donors (Lipinski definition) is 1. The summed E-state index contributed by atoms with van der Waals surface area (Å²) >= 11 is 0. The normalized spacial score (nSPS) is 21.3. The highest BCUT2D eigenvalue weighted by Gasteiger charge is 2.48. The third-order valence-corrected chi connectivity index (χ3v) is 7.37. The minimum atomic E-state index is -4.65. The van der Waals surface area contributed by atoms with Crippen molar-refractivity contribution in [2.45, 2.75) is 62.8 Å². The fourth-order valence-electron chi connectivity index (χ4n) is 5.49.